The Labute approximate surface area is 158 Å². The lowest BCUT2D eigenvalue weighted by Gasteiger charge is -2.13. The Kier molecular flexibility index (Phi) is 5.66. The number of carbonyl (C=O) groups excluding carboxylic acids is 1. The topological polar surface area (TPSA) is 76.1 Å². The number of anilines is 3. The van der Waals surface area contributed by atoms with Crippen molar-refractivity contribution in [1.29, 1.82) is 0 Å². The molecule has 3 aromatic rings. The van der Waals surface area contributed by atoms with Gasteiger partial charge in [-0.15, -0.1) is 10.2 Å². The summed E-state index contributed by atoms with van der Waals surface area (Å²) in [7, 11) is 1.58. The highest BCUT2D eigenvalue weighted by atomic mass is 16.5. The van der Waals surface area contributed by atoms with E-state index in [0.717, 1.165) is 5.69 Å². The molecule has 0 saturated heterocycles. The van der Waals surface area contributed by atoms with Gasteiger partial charge < -0.3 is 15.4 Å². The monoisotopic (exact) mass is 362 g/mol. The summed E-state index contributed by atoms with van der Waals surface area (Å²) in [5.41, 5.74) is 2.72. The lowest BCUT2D eigenvalue weighted by atomic mass is 10.0. The quantitative estimate of drug-likeness (QED) is 0.670. The minimum atomic E-state index is -0.252. The number of methoxy groups -OCH3 is 1. The molecule has 0 unspecified atom stereocenters. The third kappa shape index (κ3) is 4.61. The van der Waals surface area contributed by atoms with Crippen LogP contribution in [-0.2, 0) is 0 Å². The molecule has 0 aliphatic carbocycles. The van der Waals surface area contributed by atoms with Crippen LogP contribution in [0.2, 0.25) is 0 Å². The van der Waals surface area contributed by atoms with E-state index < -0.39 is 0 Å². The lowest BCUT2D eigenvalue weighted by Crippen LogP contribution is -2.13. The van der Waals surface area contributed by atoms with Gasteiger partial charge in [0.05, 0.1) is 7.11 Å². The van der Waals surface area contributed by atoms with Crippen LogP contribution in [0.1, 0.15) is 35.7 Å². The van der Waals surface area contributed by atoms with Crippen LogP contribution in [0.3, 0.4) is 0 Å². The van der Waals surface area contributed by atoms with Crippen LogP contribution in [0, 0.1) is 0 Å². The summed E-state index contributed by atoms with van der Waals surface area (Å²) in [5.74, 6) is 1.84. The van der Waals surface area contributed by atoms with Crippen LogP contribution < -0.4 is 15.4 Å². The molecule has 2 N–H and O–H groups in total. The minimum Gasteiger partial charge on any atom is -0.497 e. The minimum absolute atomic E-state index is 0.252. The molecular weight excluding hydrogens is 340 g/mol. The molecular formula is C21H22N4O2. The Hall–Kier alpha value is -3.41. The van der Waals surface area contributed by atoms with Crippen molar-refractivity contribution in [3.8, 4) is 5.75 Å². The van der Waals surface area contributed by atoms with Gasteiger partial charge in [-0.2, -0.15) is 0 Å². The molecule has 27 heavy (non-hydrogen) atoms. The molecule has 0 radical (unpaired) electrons. The SMILES string of the molecule is COc1ccc(C(=O)Nc2ccc(Nc3ccccc3C(C)C)nn2)cc1. The van der Waals surface area contributed by atoms with Gasteiger partial charge in [-0.25, -0.2) is 0 Å². The molecule has 0 aliphatic heterocycles. The zero-order chi connectivity index (χ0) is 19.2. The van der Waals surface area contributed by atoms with E-state index >= 15 is 0 Å². The first-order valence-corrected chi connectivity index (χ1v) is 8.72. The predicted molar refractivity (Wildman–Crippen MR) is 107 cm³/mol. The molecule has 0 aliphatic rings. The summed E-state index contributed by atoms with van der Waals surface area (Å²) >= 11 is 0. The van der Waals surface area contributed by atoms with E-state index in [1.54, 1.807) is 43.5 Å². The fourth-order valence-electron chi connectivity index (χ4n) is 2.65. The molecule has 1 heterocycles. The Morgan fingerprint density at radius 2 is 1.59 bits per heavy atom. The van der Waals surface area contributed by atoms with Crippen LogP contribution in [-0.4, -0.2) is 23.2 Å². The average Bonchev–Trinajstić information content (AvgIpc) is 2.70. The van der Waals surface area contributed by atoms with Gasteiger partial charge in [0.25, 0.3) is 5.91 Å². The van der Waals surface area contributed by atoms with Crippen LogP contribution in [0.5, 0.6) is 5.75 Å². The first kappa shape index (κ1) is 18.4. The average molecular weight is 362 g/mol. The van der Waals surface area contributed by atoms with Gasteiger partial charge >= 0.3 is 0 Å². The van der Waals surface area contributed by atoms with Crippen molar-refractivity contribution in [3.05, 3.63) is 71.8 Å². The number of ether oxygens (including phenoxy) is 1. The number of rotatable bonds is 6. The molecule has 1 aromatic heterocycles. The number of carbonyl (C=O) groups is 1. The Balaban J connectivity index is 1.67. The van der Waals surface area contributed by atoms with Gasteiger partial charge in [0.2, 0.25) is 0 Å². The van der Waals surface area contributed by atoms with Gasteiger partial charge in [-0.1, -0.05) is 32.0 Å². The molecule has 1 amide bonds. The molecule has 0 saturated carbocycles. The van der Waals surface area contributed by atoms with Crippen molar-refractivity contribution in [2.75, 3.05) is 17.7 Å². The molecule has 0 bridgehead atoms. The van der Waals surface area contributed by atoms with E-state index in [4.69, 9.17) is 4.74 Å². The molecule has 3 rings (SSSR count). The molecule has 0 spiro atoms. The molecule has 138 valence electrons. The highest BCUT2D eigenvalue weighted by Crippen LogP contribution is 2.26. The number of aromatic nitrogens is 2. The van der Waals surface area contributed by atoms with Crippen LogP contribution in [0.15, 0.2) is 60.7 Å². The van der Waals surface area contributed by atoms with Gasteiger partial charge in [0, 0.05) is 11.3 Å². The maximum Gasteiger partial charge on any atom is 0.256 e. The molecule has 6 heteroatoms. The molecule has 0 atom stereocenters. The van der Waals surface area contributed by atoms with Crippen molar-refractivity contribution in [2.24, 2.45) is 0 Å². The number of hydrogen-bond donors (Lipinski definition) is 2. The summed E-state index contributed by atoms with van der Waals surface area (Å²) in [6, 6.07) is 18.5. The van der Waals surface area contributed by atoms with Crippen LogP contribution >= 0.6 is 0 Å². The van der Waals surface area contributed by atoms with Gasteiger partial charge in [-0.05, 0) is 53.9 Å². The first-order chi connectivity index (χ1) is 13.1. The molecule has 2 aromatic carbocycles. The number of nitrogens with zero attached hydrogens (tertiary/aromatic N) is 2. The number of hydrogen-bond acceptors (Lipinski definition) is 5. The predicted octanol–water partition coefficient (Wildman–Crippen LogP) is 4.60. The summed E-state index contributed by atoms with van der Waals surface area (Å²) in [6.45, 7) is 4.29. The van der Waals surface area contributed by atoms with E-state index in [0.29, 0.717) is 28.9 Å². The Morgan fingerprint density at radius 1 is 0.926 bits per heavy atom. The van der Waals surface area contributed by atoms with Gasteiger partial charge in [0.15, 0.2) is 11.6 Å². The highest BCUT2D eigenvalue weighted by Gasteiger charge is 2.09. The third-order valence-electron chi connectivity index (χ3n) is 4.10. The maximum absolute atomic E-state index is 12.3. The van der Waals surface area contributed by atoms with E-state index in [9.17, 15) is 4.79 Å². The van der Waals surface area contributed by atoms with Crippen molar-refractivity contribution >= 4 is 23.2 Å². The first-order valence-electron chi connectivity index (χ1n) is 8.72. The fraction of sp³-hybridized carbons (Fsp3) is 0.190. The number of para-hydroxylation sites is 1. The second kappa shape index (κ2) is 8.31. The van der Waals surface area contributed by atoms with Crippen molar-refractivity contribution in [2.45, 2.75) is 19.8 Å². The Bertz CT molecular complexity index is 906. The van der Waals surface area contributed by atoms with E-state index in [2.05, 4.69) is 40.7 Å². The van der Waals surface area contributed by atoms with Gasteiger partial charge in [0.1, 0.15) is 5.75 Å². The van der Waals surface area contributed by atoms with E-state index in [1.165, 1.54) is 5.56 Å². The smallest absolute Gasteiger partial charge is 0.256 e. The third-order valence-corrected chi connectivity index (χ3v) is 4.10. The van der Waals surface area contributed by atoms with E-state index in [1.807, 2.05) is 18.2 Å². The van der Waals surface area contributed by atoms with Crippen molar-refractivity contribution < 1.29 is 9.53 Å². The summed E-state index contributed by atoms with van der Waals surface area (Å²) < 4.78 is 5.09. The zero-order valence-corrected chi connectivity index (χ0v) is 15.6. The number of nitrogens with one attached hydrogen (secondary N) is 2. The summed E-state index contributed by atoms with van der Waals surface area (Å²) in [5, 5.41) is 14.2. The summed E-state index contributed by atoms with van der Waals surface area (Å²) in [4.78, 5) is 12.3. The second-order valence-corrected chi connectivity index (χ2v) is 6.35. The summed E-state index contributed by atoms with van der Waals surface area (Å²) in [6.07, 6.45) is 0. The van der Waals surface area contributed by atoms with E-state index in [-0.39, 0.29) is 5.91 Å². The molecule has 6 nitrogen and oxygen atoms in total. The lowest BCUT2D eigenvalue weighted by molar-refractivity contribution is 0.102. The highest BCUT2D eigenvalue weighted by molar-refractivity contribution is 6.03. The maximum atomic E-state index is 12.3. The second-order valence-electron chi connectivity index (χ2n) is 6.35. The fourth-order valence-corrected chi connectivity index (χ4v) is 2.65. The Morgan fingerprint density at radius 3 is 2.22 bits per heavy atom. The standard InChI is InChI=1S/C21H22N4O2/c1-14(2)17-6-4-5-7-18(17)22-19-12-13-20(25-24-19)23-21(26)15-8-10-16(27-3)11-9-15/h4-14H,1-3H3,(H,22,24)(H,23,25,26). The number of amides is 1. The van der Waals surface area contributed by atoms with Crippen molar-refractivity contribution in [3.63, 3.8) is 0 Å². The van der Waals surface area contributed by atoms with Crippen molar-refractivity contribution in [1.82, 2.24) is 10.2 Å². The normalized spacial score (nSPS) is 10.5. The van der Waals surface area contributed by atoms with Crippen LogP contribution in [0.25, 0.3) is 0 Å². The number of benzene rings is 2. The zero-order valence-electron chi connectivity index (χ0n) is 15.6. The largest absolute Gasteiger partial charge is 0.497 e. The van der Waals surface area contributed by atoms with Crippen LogP contribution in [0.4, 0.5) is 17.3 Å². The van der Waals surface area contributed by atoms with Gasteiger partial charge in [-0.3, -0.25) is 4.79 Å². The molecule has 0 fully saturated rings.